The molecule has 0 atom stereocenters. The third kappa shape index (κ3) is 2.18. The lowest BCUT2D eigenvalue weighted by Crippen LogP contribution is -2.43. The molecule has 0 radical (unpaired) electrons. The molecule has 0 aromatic heterocycles. The molecule has 0 fully saturated rings. The molecule has 0 bridgehead atoms. The van der Waals surface area contributed by atoms with Gasteiger partial charge in [-0.25, -0.2) is 0 Å². The van der Waals surface area contributed by atoms with Gasteiger partial charge in [0.15, 0.2) is 5.78 Å². The number of aryl methyl sites for hydroxylation is 1. The van der Waals surface area contributed by atoms with Crippen LogP contribution in [-0.4, -0.2) is 13.9 Å². The molecule has 0 N–H and O–H groups in total. The van der Waals surface area contributed by atoms with E-state index < -0.39 is 8.07 Å². The Bertz CT molecular complexity index is 723. The van der Waals surface area contributed by atoms with Gasteiger partial charge in [-0.2, -0.15) is 0 Å². The van der Waals surface area contributed by atoms with Gasteiger partial charge in [-0.05, 0) is 28.3 Å². The molecule has 0 saturated heterocycles. The van der Waals surface area contributed by atoms with Crippen LogP contribution >= 0.6 is 0 Å². The van der Waals surface area contributed by atoms with Crippen molar-refractivity contribution in [2.24, 2.45) is 0 Å². The molecule has 0 unspecified atom stereocenters. The Balaban J connectivity index is 2.33. The molecule has 1 nitrogen and oxygen atoms in total. The molecule has 2 heteroatoms. The Kier molecular flexibility index (Phi) is 3.37. The van der Waals surface area contributed by atoms with Crippen LogP contribution in [0.2, 0.25) is 19.6 Å². The van der Waals surface area contributed by atoms with E-state index in [0.717, 1.165) is 35.1 Å². The van der Waals surface area contributed by atoms with Crippen LogP contribution in [0.5, 0.6) is 0 Å². The molecule has 2 aromatic rings. The largest absolute Gasteiger partial charge is 0.289 e. The molecule has 0 heterocycles. The van der Waals surface area contributed by atoms with Crippen molar-refractivity contribution in [1.82, 2.24) is 0 Å². The molecule has 0 aliphatic heterocycles. The summed E-state index contributed by atoms with van der Waals surface area (Å²) in [5.74, 6) is 0.232. The van der Waals surface area contributed by atoms with Crippen LogP contribution in [0.25, 0.3) is 11.1 Å². The average molecular weight is 294 g/mol. The average Bonchev–Trinajstić information content (AvgIpc) is 2.72. The predicted octanol–water partition coefficient (Wildman–Crippen LogP) is 4.40. The van der Waals surface area contributed by atoms with E-state index in [1.165, 1.54) is 10.8 Å². The molecule has 0 spiro atoms. The maximum atomic E-state index is 12.9. The van der Waals surface area contributed by atoms with E-state index in [0.29, 0.717) is 0 Å². The van der Waals surface area contributed by atoms with Crippen molar-refractivity contribution in [3.63, 3.8) is 0 Å². The number of carbonyl (C=O) groups is 1. The van der Waals surface area contributed by atoms with Gasteiger partial charge in [0.2, 0.25) is 0 Å². The standard InChI is InChI=1S/C19H22OSi/c1-5-8-13-11-12-15-14-9-6-7-10-16(14)18(20)17(15)19(13)21(2,3)4/h6-7,9-12H,5,8H2,1-4H3. The number of carbonyl (C=O) groups excluding carboxylic acids is 1. The quantitative estimate of drug-likeness (QED) is 0.655. The fourth-order valence-electron chi connectivity index (χ4n) is 3.49. The highest BCUT2D eigenvalue weighted by atomic mass is 28.3. The molecule has 3 rings (SSSR count). The smallest absolute Gasteiger partial charge is 0.194 e. The lowest BCUT2D eigenvalue weighted by molar-refractivity contribution is 0.104. The van der Waals surface area contributed by atoms with Gasteiger partial charge in [0, 0.05) is 11.1 Å². The van der Waals surface area contributed by atoms with Crippen molar-refractivity contribution in [1.29, 1.82) is 0 Å². The molecule has 2 aromatic carbocycles. The van der Waals surface area contributed by atoms with Gasteiger partial charge in [0.25, 0.3) is 0 Å². The summed E-state index contributed by atoms with van der Waals surface area (Å²) in [5, 5.41) is 1.38. The van der Waals surface area contributed by atoms with Gasteiger partial charge in [0.1, 0.15) is 0 Å². The molecule has 1 aliphatic rings. The third-order valence-electron chi connectivity index (χ3n) is 4.25. The molecule has 108 valence electrons. The molecular formula is C19H22OSi. The molecule has 1 aliphatic carbocycles. The van der Waals surface area contributed by atoms with Crippen LogP contribution in [0.3, 0.4) is 0 Å². The van der Waals surface area contributed by atoms with Crippen molar-refractivity contribution in [2.75, 3.05) is 0 Å². The number of hydrogen-bond donors (Lipinski definition) is 0. The lowest BCUT2D eigenvalue weighted by Gasteiger charge is -2.24. The van der Waals surface area contributed by atoms with Crippen LogP contribution in [-0.2, 0) is 6.42 Å². The van der Waals surface area contributed by atoms with Gasteiger partial charge < -0.3 is 0 Å². The summed E-state index contributed by atoms with van der Waals surface area (Å²) in [4.78, 5) is 12.9. The zero-order valence-corrected chi connectivity index (χ0v) is 14.3. The Morgan fingerprint density at radius 1 is 0.905 bits per heavy atom. The van der Waals surface area contributed by atoms with E-state index in [9.17, 15) is 4.79 Å². The zero-order valence-electron chi connectivity index (χ0n) is 13.3. The first-order chi connectivity index (χ1) is 9.95. The lowest BCUT2D eigenvalue weighted by atomic mass is 10.0. The van der Waals surface area contributed by atoms with Crippen molar-refractivity contribution in [3.8, 4) is 11.1 Å². The van der Waals surface area contributed by atoms with Crippen molar-refractivity contribution < 1.29 is 4.79 Å². The van der Waals surface area contributed by atoms with Crippen LogP contribution < -0.4 is 5.19 Å². The minimum atomic E-state index is -1.57. The number of ketones is 1. The first-order valence-electron chi connectivity index (χ1n) is 7.75. The fourth-order valence-corrected chi connectivity index (χ4v) is 5.66. The summed E-state index contributed by atoms with van der Waals surface area (Å²) in [6.45, 7) is 9.24. The predicted molar refractivity (Wildman–Crippen MR) is 92.3 cm³/mol. The maximum Gasteiger partial charge on any atom is 0.194 e. The Morgan fingerprint density at radius 2 is 1.57 bits per heavy atom. The highest BCUT2D eigenvalue weighted by Gasteiger charge is 2.34. The van der Waals surface area contributed by atoms with E-state index >= 15 is 0 Å². The van der Waals surface area contributed by atoms with Crippen LogP contribution in [0, 0.1) is 0 Å². The second-order valence-electron chi connectivity index (χ2n) is 6.90. The van der Waals surface area contributed by atoms with Gasteiger partial charge in [-0.15, -0.1) is 0 Å². The van der Waals surface area contributed by atoms with Crippen molar-refractivity contribution >= 4 is 19.0 Å². The zero-order chi connectivity index (χ0) is 15.2. The van der Waals surface area contributed by atoms with Crippen molar-refractivity contribution in [3.05, 3.63) is 53.1 Å². The van der Waals surface area contributed by atoms with Crippen LogP contribution in [0.1, 0.15) is 34.8 Å². The van der Waals surface area contributed by atoms with E-state index in [2.05, 4.69) is 44.8 Å². The summed E-state index contributed by atoms with van der Waals surface area (Å²) >= 11 is 0. The Hall–Kier alpha value is -1.67. The minimum Gasteiger partial charge on any atom is -0.289 e. The summed E-state index contributed by atoms with van der Waals surface area (Å²) in [6, 6.07) is 12.4. The second kappa shape index (κ2) is 4.95. The number of benzene rings is 2. The van der Waals surface area contributed by atoms with Gasteiger partial charge in [0.05, 0.1) is 8.07 Å². The summed E-state index contributed by atoms with van der Waals surface area (Å²) < 4.78 is 0. The second-order valence-corrected chi connectivity index (χ2v) is 11.9. The summed E-state index contributed by atoms with van der Waals surface area (Å²) in [5.41, 5.74) is 5.52. The summed E-state index contributed by atoms with van der Waals surface area (Å²) in [7, 11) is -1.57. The monoisotopic (exact) mass is 294 g/mol. The van der Waals surface area contributed by atoms with Gasteiger partial charge in [-0.3, -0.25) is 4.79 Å². The number of rotatable bonds is 3. The van der Waals surface area contributed by atoms with Gasteiger partial charge in [-0.1, -0.05) is 69.4 Å². The normalized spacial score (nSPS) is 13.2. The minimum absolute atomic E-state index is 0.232. The third-order valence-corrected chi connectivity index (χ3v) is 6.32. The topological polar surface area (TPSA) is 17.1 Å². The Morgan fingerprint density at radius 3 is 2.19 bits per heavy atom. The van der Waals surface area contributed by atoms with E-state index in [1.54, 1.807) is 0 Å². The van der Waals surface area contributed by atoms with Crippen LogP contribution in [0.4, 0.5) is 0 Å². The maximum absolute atomic E-state index is 12.9. The first kappa shape index (κ1) is 14.3. The highest BCUT2D eigenvalue weighted by molar-refractivity contribution is 6.90. The van der Waals surface area contributed by atoms with E-state index in [-0.39, 0.29) is 5.78 Å². The SMILES string of the molecule is CCCc1ccc2c(c1[Si](C)(C)C)C(=O)c1ccccc1-2. The van der Waals surface area contributed by atoms with Gasteiger partial charge >= 0.3 is 0 Å². The molecule has 0 amide bonds. The highest BCUT2D eigenvalue weighted by Crippen LogP contribution is 2.37. The van der Waals surface area contributed by atoms with E-state index in [1.807, 2.05) is 18.2 Å². The molecule has 0 saturated carbocycles. The number of hydrogen-bond acceptors (Lipinski definition) is 1. The Labute approximate surface area is 128 Å². The first-order valence-corrected chi connectivity index (χ1v) is 11.3. The molecule has 21 heavy (non-hydrogen) atoms. The summed E-state index contributed by atoms with van der Waals surface area (Å²) in [6.07, 6.45) is 2.19. The molecular weight excluding hydrogens is 272 g/mol. The van der Waals surface area contributed by atoms with Crippen LogP contribution in [0.15, 0.2) is 36.4 Å². The fraction of sp³-hybridized carbons (Fsp3) is 0.316. The number of fused-ring (bicyclic) bond motifs is 3. The van der Waals surface area contributed by atoms with Crippen molar-refractivity contribution in [2.45, 2.75) is 39.4 Å². The van der Waals surface area contributed by atoms with E-state index in [4.69, 9.17) is 0 Å².